The highest BCUT2D eigenvalue weighted by Gasteiger charge is 2.36. The minimum atomic E-state index is 0.0520. The number of hydrogen-bond acceptors (Lipinski definition) is 2. The minimum absolute atomic E-state index is 0.0520. The van der Waals surface area contributed by atoms with Gasteiger partial charge in [0.1, 0.15) is 0 Å². The van der Waals surface area contributed by atoms with Crippen molar-refractivity contribution in [3.05, 3.63) is 0 Å². The van der Waals surface area contributed by atoms with Crippen LogP contribution in [0.1, 0.15) is 52.4 Å². The van der Waals surface area contributed by atoms with E-state index < -0.39 is 0 Å². The van der Waals surface area contributed by atoms with Gasteiger partial charge < -0.3 is 10.6 Å². The van der Waals surface area contributed by atoms with E-state index in [1.165, 1.54) is 19.3 Å². The summed E-state index contributed by atoms with van der Waals surface area (Å²) in [5.74, 6) is 0.951. The van der Waals surface area contributed by atoms with Crippen molar-refractivity contribution in [2.24, 2.45) is 5.92 Å². The first-order valence-corrected chi connectivity index (χ1v) is 6.68. The van der Waals surface area contributed by atoms with Gasteiger partial charge in [0.2, 0.25) is 5.91 Å². The average Bonchev–Trinajstić information content (AvgIpc) is 2.27. The van der Waals surface area contributed by atoms with E-state index in [0.29, 0.717) is 0 Å². The third-order valence-corrected chi connectivity index (χ3v) is 4.29. The minimum Gasteiger partial charge on any atom is -0.350 e. The van der Waals surface area contributed by atoms with Crippen molar-refractivity contribution >= 4 is 5.91 Å². The fraction of sp³-hybridized carbons (Fsp3) is 0.923. The zero-order valence-electron chi connectivity index (χ0n) is 10.5. The van der Waals surface area contributed by atoms with Crippen molar-refractivity contribution in [1.82, 2.24) is 10.6 Å². The lowest BCUT2D eigenvalue weighted by Crippen LogP contribution is -2.57. The summed E-state index contributed by atoms with van der Waals surface area (Å²) in [5.41, 5.74) is 0.0952. The molecule has 2 fully saturated rings. The molecule has 2 aliphatic rings. The van der Waals surface area contributed by atoms with Crippen LogP contribution in [0.4, 0.5) is 0 Å². The molecule has 92 valence electrons. The molecule has 0 spiro atoms. The second kappa shape index (κ2) is 4.74. The molecule has 1 saturated carbocycles. The first kappa shape index (κ1) is 11.9. The average molecular weight is 224 g/mol. The highest BCUT2D eigenvalue weighted by Crippen LogP contribution is 2.31. The predicted octanol–water partition coefficient (Wildman–Crippen LogP) is 1.82. The molecule has 1 saturated heterocycles. The largest absolute Gasteiger partial charge is 0.350 e. The van der Waals surface area contributed by atoms with Gasteiger partial charge in [0.05, 0.1) is 6.04 Å². The van der Waals surface area contributed by atoms with E-state index in [1.807, 2.05) is 0 Å². The van der Waals surface area contributed by atoms with Gasteiger partial charge in [0.25, 0.3) is 0 Å². The second-order valence-electron chi connectivity index (χ2n) is 5.71. The van der Waals surface area contributed by atoms with Gasteiger partial charge in [-0.15, -0.1) is 0 Å². The van der Waals surface area contributed by atoms with Gasteiger partial charge >= 0.3 is 0 Å². The van der Waals surface area contributed by atoms with Crippen LogP contribution in [0.5, 0.6) is 0 Å². The summed E-state index contributed by atoms with van der Waals surface area (Å²) in [7, 11) is 0. The van der Waals surface area contributed by atoms with Crippen LogP contribution in [0.2, 0.25) is 0 Å². The monoisotopic (exact) mass is 224 g/mol. The Balaban J connectivity index is 1.84. The third kappa shape index (κ3) is 2.57. The van der Waals surface area contributed by atoms with E-state index in [-0.39, 0.29) is 17.5 Å². The molecule has 2 unspecified atom stereocenters. The van der Waals surface area contributed by atoms with Gasteiger partial charge in [-0.25, -0.2) is 0 Å². The van der Waals surface area contributed by atoms with Gasteiger partial charge in [-0.1, -0.05) is 13.3 Å². The van der Waals surface area contributed by atoms with Crippen LogP contribution >= 0.6 is 0 Å². The molecular weight excluding hydrogens is 200 g/mol. The normalized spacial score (nSPS) is 32.9. The Labute approximate surface area is 98.4 Å². The van der Waals surface area contributed by atoms with Crippen LogP contribution < -0.4 is 10.6 Å². The SMILES string of the molecule is CCC1CCNC(C(=O)NC2(C)CCC2)C1. The van der Waals surface area contributed by atoms with Gasteiger partial charge in [-0.05, 0) is 51.5 Å². The number of carbonyl (C=O) groups excluding carboxylic acids is 1. The molecule has 2 rings (SSSR count). The Morgan fingerprint density at radius 3 is 2.81 bits per heavy atom. The predicted molar refractivity (Wildman–Crippen MR) is 65.2 cm³/mol. The molecule has 0 radical (unpaired) electrons. The maximum atomic E-state index is 12.1. The number of carbonyl (C=O) groups is 1. The molecule has 0 aromatic rings. The van der Waals surface area contributed by atoms with Crippen LogP contribution in [-0.4, -0.2) is 24.0 Å². The fourth-order valence-corrected chi connectivity index (χ4v) is 2.78. The van der Waals surface area contributed by atoms with Gasteiger partial charge in [0, 0.05) is 5.54 Å². The van der Waals surface area contributed by atoms with Crippen LogP contribution in [-0.2, 0) is 4.79 Å². The summed E-state index contributed by atoms with van der Waals surface area (Å²) >= 11 is 0. The number of amides is 1. The molecule has 3 heteroatoms. The standard InChI is InChI=1S/C13H24N2O/c1-3-10-5-8-14-11(9-10)12(16)15-13(2)6-4-7-13/h10-11,14H,3-9H2,1-2H3,(H,15,16). The number of rotatable bonds is 3. The molecule has 2 N–H and O–H groups in total. The maximum absolute atomic E-state index is 12.1. The molecule has 3 nitrogen and oxygen atoms in total. The lowest BCUT2D eigenvalue weighted by Gasteiger charge is -2.41. The first-order valence-electron chi connectivity index (χ1n) is 6.68. The fourth-order valence-electron chi connectivity index (χ4n) is 2.78. The number of nitrogens with one attached hydrogen (secondary N) is 2. The smallest absolute Gasteiger partial charge is 0.237 e. The molecule has 2 atom stereocenters. The summed E-state index contributed by atoms with van der Waals surface area (Å²) in [6.45, 7) is 5.38. The van der Waals surface area contributed by atoms with Crippen molar-refractivity contribution in [3.63, 3.8) is 0 Å². The first-order chi connectivity index (χ1) is 7.63. The van der Waals surface area contributed by atoms with E-state index in [0.717, 1.165) is 31.7 Å². The number of piperidine rings is 1. The Hall–Kier alpha value is -0.570. The zero-order valence-corrected chi connectivity index (χ0v) is 10.5. The van der Waals surface area contributed by atoms with E-state index in [9.17, 15) is 4.79 Å². The molecule has 1 aliphatic heterocycles. The Kier molecular flexibility index (Phi) is 3.53. The van der Waals surface area contributed by atoms with Crippen LogP contribution in [0.25, 0.3) is 0 Å². The molecule has 0 aromatic carbocycles. The number of hydrogen-bond donors (Lipinski definition) is 2. The van der Waals surface area contributed by atoms with Crippen LogP contribution in [0.15, 0.2) is 0 Å². The zero-order chi connectivity index (χ0) is 11.6. The second-order valence-corrected chi connectivity index (χ2v) is 5.71. The lowest BCUT2D eigenvalue weighted by atomic mass is 9.78. The highest BCUT2D eigenvalue weighted by atomic mass is 16.2. The van der Waals surface area contributed by atoms with E-state index in [1.54, 1.807) is 0 Å². The van der Waals surface area contributed by atoms with Crippen molar-refractivity contribution in [1.29, 1.82) is 0 Å². The topological polar surface area (TPSA) is 41.1 Å². The van der Waals surface area contributed by atoms with Crippen molar-refractivity contribution in [3.8, 4) is 0 Å². The van der Waals surface area contributed by atoms with E-state index >= 15 is 0 Å². The van der Waals surface area contributed by atoms with Crippen LogP contribution in [0, 0.1) is 5.92 Å². The Morgan fingerprint density at radius 2 is 2.25 bits per heavy atom. The lowest BCUT2D eigenvalue weighted by molar-refractivity contribution is -0.126. The van der Waals surface area contributed by atoms with E-state index in [4.69, 9.17) is 0 Å². The molecule has 0 aromatic heterocycles. The third-order valence-electron chi connectivity index (χ3n) is 4.29. The quantitative estimate of drug-likeness (QED) is 0.768. The summed E-state index contributed by atoms with van der Waals surface area (Å²) in [4.78, 5) is 12.1. The molecule has 16 heavy (non-hydrogen) atoms. The molecule has 1 amide bonds. The molecule has 1 aliphatic carbocycles. The summed E-state index contributed by atoms with van der Waals surface area (Å²) < 4.78 is 0. The van der Waals surface area contributed by atoms with E-state index in [2.05, 4.69) is 24.5 Å². The van der Waals surface area contributed by atoms with Crippen LogP contribution in [0.3, 0.4) is 0 Å². The maximum Gasteiger partial charge on any atom is 0.237 e. The molecular formula is C13H24N2O. The summed E-state index contributed by atoms with van der Waals surface area (Å²) in [6.07, 6.45) is 6.97. The van der Waals surface area contributed by atoms with Crippen molar-refractivity contribution < 1.29 is 4.79 Å². The van der Waals surface area contributed by atoms with Crippen molar-refractivity contribution in [2.45, 2.75) is 64.0 Å². The summed E-state index contributed by atoms with van der Waals surface area (Å²) in [6, 6.07) is 0.0520. The Morgan fingerprint density at radius 1 is 1.50 bits per heavy atom. The summed E-state index contributed by atoms with van der Waals surface area (Å²) in [5, 5.41) is 6.55. The van der Waals surface area contributed by atoms with Crippen molar-refractivity contribution in [2.75, 3.05) is 6.54 Å². The highest BCUT2D eigenvalue weighted by molar-refractivity contribution is 5.82. The Bertz CT molecular complexity index is 261. The van der Waals surface area contributed by atoms with Gasteiger partial charge in [-0.3, -0.25) is 4.79 Å². The van der Waals surface area contributed by atoms with Gasteiger partial charge in [-0.2, -0.15) is 0 Å². The van der Waals surface area contributed by atoms with Gasteiger partial charge in [0.15, 0.2) is 0 Å². The molecule has 0 bridgehead atoms. The molecule has 1 heterocycles.